The van der Waals surface area contributed by atoms with Crippen LogP contribution in [0.15, 0.2) is 60.7 Å². The molecule has 0 atom stereocenters. The number of carbonyl (C=O) groups is 1. The first-order valence-corrected chi connectivity index (χ1v) is 10.0. The molecule has 1 N–H and O–H groups in total. The predicted molar refractivity (Wildman–Crippen MR) is 114 cm³/mol. The highest BCUT2D eigenvalue weighted by Crippen LogP contribution is 2.51. The first-order chi connectivity index (χ1) is 14.0. The van der Waals surface area contributed by atoms with Crippen molar-refractivity contribution in [2.45, 2.75) is 25.2 Å². The summed E-state index contributed by atoms with van der Waals surface area (Å²) in [6.45, 7) is 2.29. The number of aryl methyl sites for hydroxylation is 1. The Labute approximate surface area is 174 Å². The maximum absolute atomic E-state index is 13.2. The van der Waals surface area contributed by atoms with Gasteiger partial charge in [0.15, 0.2) is 11.5 Å². The van der Waals surface area contributed by atoms with Crippen LogP contribution in [-0.2, 0) is 10.2 Å². The summed E-state index contributed by atoms with van der Waals surface area (Å²) in [6, 6.07) is 19.5. The van der Waals surface area contributed by atoms with Gasteiger partial charge in [0.1, 0.15) is 0 Å². The van der Waals surface area contributed by atoms with Crippen molar-refractivity contribution in [3.8, 4) is 22.6 Å². The minimum absolute atomic E-state index is 0.0160. The molecule has 0 spiro atoms. The van der Waals surface area contributed by atoms with Crippen molar-refractivity contribution >= 4 is 23.2 Å². The molecule has 0 bridgehead atoms. The summed E-state index contributed by atoms with van der Waals surface area (Å²) < 4.78 is 10.9. The molecule has 0 unspecified atom stereocenters. The number of amides is 1. The standard InChI is InChI=1S/C24H20ClNO3/c1-15-2-8-19(13-20(15)16-3-6-18(25)7-4-16)26-23(27)24(10-11-24)17-5-9-21-22(12-17)29-14-28-21/h2-9,12-13H,10-11,14H2,1H3,(H,26,27). The predicted octanol–water partition coefficient (Wildman–Crippen LogP) is 5.71. The Morgan fingerprint density at radius 3 is 2.48 bits per heavy atom. The molecule has 1 saturated carbocycles. The molecule has 0 saturated heterocycles. The number of fused-ring (bicyclic) bond motifs is 1. The first kappa shape index (κ1) is 18.1. The van der Waals surface area contributed by atoms with Crippen molar-refractivity contribution in [1.29, 1.82) is 0 Å². The molecule has 2 aliphatic rings. The monoisotopic (exact) mass is 405 g/mol. The van der Waals surface area contributed by atoms with Crippen LogP contribution < -0.4 is 14.8 Å². The second-order valence-corrected chi connectivity index (χ2v) is 8.08. The van der Waals surface area contributed by atoms with Crippen molar-refractivity contribution in [3.05, 3.63) is 76.8 Å². The molecule has 1 heterocycles. The van der Waals surface area contributed by atoms with Gasteiger partial charge in [-0.15, -0.1) is 0 Å². The summed E-state index contributed by atoms with van der Waals surface area (Å²) in [4.78, 5) is 13.2. The molecule has 29 heavy (non-hydrogen) atoms. The fourth-order valence-electron chi connectivity index (χ4n) is 3.86. The van der Waals surface area contributed by atoms with E-state index in [0.29, 0.717) is 10.8 Å². The van der Waals surface area contributed by atoms with Gasteiger partial charge in [0.25, 0.3) is 0 Å². The van der Waals surface area contributed by atoms with Gasteiger partial charge in [0.2, 0.25) is 12.7 Å². The Hall–Kier alpha value is -2.98. The molecular formula is C24H20ClNO3. The van der Waals surface area contributed by atoms with Crippen LogP contribution in [0.25, 0.3) is 11.1 Å². The van der Waals surface area contributed by atoms with Crippen LogP contribution in [-0.4, -0.2) is 12.7 Å². The maximum Gasteiger partial charge on any atom is 0.235 e. The Morgan fingerprint density at radius 1 is 0.966 bits per heavy atom. The number of hydrogen-bond acceptors (Lipinski definition) is 3. The van der Waals surface area contributed by atoms with Gasteiger partial charge in [-0.3, -0.25) is 4.79 Å². The molecule has 0 radical (unpaired) electrons. The zero-order valence-corrected chi connectivity index (χ0v) is 16.8. The van der Waals surface area contributed by atoms with Crippen LogP contribution >= 0.6 is 11.6 Å². The number of carbonyl (C=O) groups excluding carboxylic acids is 1. The van der Waals surface area contributed by atoms with Crippen LogP contribution in [0.3, 0.4) is 0 Å². The van der Waals surface area contributed by atoms with Crippen LogP contribution in [0.2, 0.25) is 5.02 Å². The molecule has 5 heteroatoms. The Balaban J connectivity index is 1.41. The lowest BCUT2D eigenvalue weighted by molar-refractivity contribution is -0.118. The van der Waals surface area contributed by atoms with E-state index in [0.717, 1.165) is 46.5 Å². The minimum Gasteiger partial charge on any atom is -0.454 e. The van der Waals surface area contributed by atoms with E-state index in [1.165, 1.54) is 0 Å². The third-order valence-electron chi connectivity index (χ3n) is 5.76. The summed E-state index contributed by atoms with van der Waals surface area (Å²) in [5.74, 6) is 1.46. The van der Waals surface area contributed by atoms with Crippen LogP contribution in [0.4, 0.5) is 5.69 Å². The van der Waals surface area contributed by atoms with Gasteiger partial charge in [0, 0.05) is 10.7 Å². The van der Waals surface area contributed by atoms with E-state index in [-0.39, 0.29) is 12.7 Å². The van der Waals surface area contributed by atoms with Crippen LogP contribution in [0.1, 0.15) is 24.0 Å². The summed E-state index contributed by atoms with van der Waals surface area (Å²) in [7, 11) is 0. The summed E-state index contributed by atoms with van der Waals surface area (Å²) >= 11 is 6.02. The van der Waals surface area contributed by atoms with Crippen molar-refractivity contribution in [2.75, 3.05) is 12.1 Å². The maximum atomic E-state index is 13.2. The fraction of sp³-hybridized carbons (Fsp3) is 0.208. The lowest BCUT2D eigenvalue weighted by Gasteiger charge is -2.17. The number of rotatable bonds is 4. The molecule has 3 aromatic rings. The zero-order chi connectivity index (χ0) is 20.0. The summed E-state index contributed by atoms with van der Waals surface area (Å²) in [5, 5.41) is 3.83. The number of halogens is 1. The molecule has 5 rings (SSSR count). The van der Waals surface area contributed by atoms with Crippen LogP contribution in [0, 0.1) is 6.92 Å². The molecule has 1 fully saturated rings. The number of anilines is 1. The minimum atomic E-state index is -0.494. The molecule has 146 valence electrons. The molecule has 1 amide bonds. The van der Waals surface area contributed by atoms with Gasteiger partial charge in [-0.25, -0.2) is 0 Å². The molecule has 4 nitrogen and oxygen atoms in total. The Bertz CT molecular complexity index is 1100. The van der Waals surface area contributed by atoms with E-state index in [1.54, 1.807) is 0 Å². The molecule has 0 aromatic heterocycles. The highest BCUT2D eigenvalue weighted by molar-refractivity contribution is 6.30. The fourth-order valence-corrected chi connectivity index (χ4v) is 3.98. The topological polar surface area (TPSA) is 47.6 Å². The first-order valence-electron chi connectivity index (χ1n) is 9.63. The Kier molecular flexibility index (Phi) is 4.25. The van der Waals surface area contributed by atoms with Crippen molar-refractivity contribution < 1.29 is 14.3 Å². The van der Waals surface area contributed by atoms with Gasteiger partial charge in [0.05, 0.1) is 5.41 Å². The van der Waals surface area contributed by atoms with Gasteiger partial charge in [-0.05, 0) is 78.4 Å². The lowest BCUT2D eigenvalue weighted by Crippen LogP contribution is -2.27. The summed E-state index contributed by atoms with van der Waals surface area (Å²) in [6.07, 6.45) is 1.66. The lowest BCUT2D eigenvalue weighted by atomic mass is 9.94. The number of ether oxygens (including phenoxy) is 2. The number of nitrogens with one attached hydrogen (secondary N) is 1. The van der Waals surface area contributed by atoms with Crippen molar-refractivity contribution in [1.82, 2.24) is 0 Å². The quantitative estimate of drug-likeness (QED) is 0.604. The normalized spacial score (nSPS) is 15.8. The van der Waals surface area contributed by atoms with Crippen molar-refractivity contribution in [2.24, 2.45) is 0 Å². The van der Waals surface area contributed by atoms with E-state index in [4.69, 9.17) is 21.1 Å². The second-order valence-electron chi connectivity index (χ2n) is 7.64. The third-order valence-corrected chi connectivity index (χ3v) is 6.01. The van der Waals surface area contributed by atoms with Crippen molar-refractivity contribution in [3.63, 3.8) is 0 Å². The average molecular weight is 406 g/mol. The van der Waals surface area contributed by atoms with E-state index in [9.17, 15) is 4.79 Å². The van der Waals surface area contributed by atoms with Gasteiger partial charge >= 0.3 is 0 Å². The SMILES string of the molecule is Cc1ccc(NC(=O)C2(c3ccc4c(c3)OCO4)CC2)cc1-c1ccc(Cl)cc1. The van der Waals surface area contributed by atoms with Gasteiger partial charge in [-0.1, -0.05) is 35.9 Å². The third kappa shape index (κ3) is 3.23. The second kappa shape index (κ2) is 6.82. The molecular weight excluding hydrogens is 386 g/mol. The van der Waals surface area contributed by atoms with E-state index in [1.807, 2.05) is 60.7 Å². The Morgan fingerprint density at radius 2 is 1.72 bits per heavy atom. The van der Waals surface area contributed by atoms with Crippen LogP contribution in [0.5, 0.6) is 11.5 Å². The van der Waals surface area contributed by atoms with E-state index >= 15 is 0 Å². The highest BCUT2D eigenvalue weighted by Gasteiger charge is 2.51. The van der Waals surface area contributed by atoms with E-state index < -0.39 is 5.41 Å². The number of benzene rings is 3. The largest absolute Gasteiger partial charge is 0.454 e. The smallest absolute Gasteiger partial charge is 0.235 e. The van der Waals surface area contributed by atoms with Gasteiger partial charge < -0.3 is 14.8 Å². The van der Waals surface area contributed by atoms with E-state index in [2.05, 4.69) is 12.2 Å². The van der Waals surface area contributed by atoms with Gasteiger partial charge in [-0.2, -0.15) is 0 Å². The molecule has 3 aromatic carbocycles. The highest BCUT2D eigenvalue weighted by atomic mass is 35.5. The molecule has 1 aliphatic carbocycles. The zero-order valence-electron chi connectivity index (χ0n) is 16.0. The molecule has 1 aliphatic heterocycles. The number of hydrogen-bond donors (Lipinski definition) is 1. The summed E-state index contributed by atoms with van der Waals surface area (Å²) in [5.41, 5.74) is 4.56. The average Bonchev–Trinajstić information content (AvgIpc) is 3.41.